The monoisotopic (exact) mass is 407 g/mol. The molecule has 0 radical (unpaired) electrons. The Hall–Kier alpha value is -0.960. The minimum Gasteiger partial charge on any atom is -0.352 e. The van der Waals surface area contributed by atoms with Gasteiger partial charge in [-0.1, -0.05) is 0 Å². The Morgan fingerprint density at radius 3 is 2.70 bits per heavy atom. The Bertz CT molecular complexity index is 722. The molecular formula is C13H15FIN3OS. The van der Waals surface area contributed by atoms with Crippen LogP contribution in [0.15, 0.2) is 12.1 Å². The summed E-state index contributed by atoms with van der Waals surface area (Å²) >= 11 is 7.17. The van der Waals surface area contributed by atoms with Crippen LogP contribution in [-0.4, -0.2) is 21.5 Å². The number of carbonyl (C=O) groups excluding carboxylic acids is 1. The zero-order valence-corrected chi connectivity index (χ0v) is 14.3. The van der Waals surface area contributed by atoms with Crippen LogP contribution in [-0.2, 0) is 4.79 Å². The quantitative estimate of drug-likeness (QED) is 0.604. The van der Waals surface area contributed by atoms with Crippen LogP contribution in [0.4, 0.5) is 4.39 Å². The lowest BCUT2D eigenvalue weighted by molar-refractivity contribution is -0.124. The number of hydrogen-bond acceptors (Lipinski definition) is 2. The van der Waals surface area contributed by atoms with Crippen LogP contribution >= 0.6 is 34.8 Å². The fourth-order valence-electron chi connectivity index (χ4n) is 2.03. The number of H-pyrrole nitrogens is 1. The minimum absolute atomic E-state index is 0.0435. The molecule has 7 heteroatoms. The Morgan fingerprint density at radius 2 is 2.10 bits per heavy atom. The van der Waals surface area contributed by atoms with Crippen LogP contribution in [0.3, 0.4) is 0 Å². The molecule has 20 heavy (non-hydrogen) atoms. The van der Waals surface area contributed by atoms with Crippen molar-refractivity contribution in [2.75, 3.05) is 0 Å². The van der Waals surface area contributed by atoms with E-state index >= 15 is 0 Å². The molecule has 1 amide bonds. The second-order valence-electron chi connectivity index (χ2n) is 4.92. The highest BCUT2D eigenvalue weighted by Gasteiger charge is 2.20. The van der Waals surface area contributed by atoms with Gasteiger partial charge in [0.1, 0.15) is 11.9 Å². The third-order valence-electron chi connectivity index (χ3n) is 2.96. The zero-order chi connectivity index (χ0) is 15.0. The van der Waals surface area contributed by atoms with Gasteiger partial charge in [0.05, 0.1) is 14.6 Å². The Kier molecular flexibility index (Phi) is 4.48. The molecule has 0 saturated heterocycles. The molecule has 0 aliphatic carbocycles. The van der Waals surface area contributed by atoms with Gasteiger partial charge in [0, 0.05) is 12.1 Å². The summed E-state index contributed by atoms with van der Waals surface area (Å²) < 4.78 is 16.3. The summed E-state index contributed by atoms with van der Waals surface area (Å²) in [6, 6.07) is 2.63. The molecule has 2 rings (SSSR count). The molecular weight excluding hydrogens is 392 g/mol. The van der Waals surface area contributed by atoms with Crippen LogP contribution < -0.4 is 5.32 Å². The first-order valence-corrected chi connectivity index (χ1v) is 7.69. The van der Waals surface area contributed by atoms with Crippen molar-refractivity contribution >= 4 is 51.7 Å². The van der Waals surface area contributed by atoms with Crippen molar-refractivity contribution in [3.8, 4) is 0 Å². The Morgan fingerprint density at radius 1 is 1.45 bits per heavy atom. The van der Waals surface area contributed by atoms with E-state index in [1.807, 2.05) is 36.4 Å². The van der Waals surface area contributed by atoms with Gasteiger partial charge < -0.3 is 14.9 Å². The number of rotatable bonds is 3. The first-order valence-electron chi connectivity index (χ1n) is 6.21. The molecule has 1 unspecified atom stereocenters. The van der Waals surface area contributed by atoms with E-state index in [0.29, 0.717) is 13.9 Å². The third-order valence-corrected chi connectivity index (χ3v) is 4.08. The minimum atomic E-state index is -0.502. The van der Waals surface area contributed by atoms with Gasteiger partial charge in [-0.15, -0.1) is 0 Å². The molecule has 0 bridgehead atoms. The maximum absolute atomic E-state index is 13.7. The summed E-state index contributed by atoms with van der Waals surface area (Å²) in [6.45, 7) is 5.53. The molecule has 4 nitrogen and oxygen atoms in total. The summed E-state index contributed by atoms with van der Waals surface area (Å²) in [4.78, 5) is 15.1. The van der Waals surface area contributed by atoms with Crippen molar-refractivity contribution in [3.05, 3.63) is 26.3 Å². The molecule has 2 N–H and O–H groups in total. The first-order chi connectivity index (χ1) is 9.31. The molecule has 0 spiro atoms. The molecule has 0 fully saturated rings. The lowest BCUT2D eigenvalue weighted by Gasteiger charge is -2.16. The molecule has 1 aromatic carbocycles. The molecule has 0 saturated carbocycles. The van der Waals surface area contributed by atoms with Gasteiger partial charge in [0.2, 0.25) is 5.91 Å². The van der Waals surface area contributed by atoms with Crippen molar-refractivity contribution in [1.29, 1.82) is 0 Å². The van der Waals surface area contributed by atoms with Gasteiger partial charge in [-0.3, -0.25) is 4.79 Å². The van der Waals surface area contributed by atoms with E-state index in [2.05, 4.69) is 10.3 Å². The summed E-state index contributed by atoms with van der Waals surface area (Å²) in [5.74, 6) is -0.465. The number of nitrogens with zero attached hydrogens (tertiary/aromatic N) is 1. The normalized spacial score (nSPS) is 12.9. The van der Waals surface area contributed by atoms with Crippen molar-refractivity contribution < 1.29 is 9.18 Å². The van der Waals surface area contributed by atoms with E-state index < -0.39 is 6.04 Å². The van der Waals surface area contributed by atoms with Crippen LogP contribution in [0.1, 0.15) is 26.8 Å². The van der Waals surface area contributed by atoms with Crippen molar-refractivity contribution in [2.24, 2.45) is 0 Å². The fourth-order valence-corrected chi connectivity index (χ4v) is 2.86. The van der Waals surface area contributed by atoms with Gasteiger partial charge in [0.25, 0.3) is 0 Å². The van der Waals surface area contributed by atoms with E-state index in [1.54, 1.807) is 17.6 Å². The smallest absolute Gasteiger partial charge is 0.243 e. The standard InChI is InChI=1S/C13H15FIN3OS/c1-6(2)16-12(19)7(3)18-11-4-8(14)9(15)5-10(11)17-13(18)20/h4-7H,1-3H3,(H,16,19)(H,17,20). The maximum Gasteiger partial charge on any atom is 0.243 e. The second-order valence-corrected chi connectivity index (χ2v) is 6.47. The van der Waals surface area contributed by atoms with Crippen molar-refractivity contribution in [1.82, 2.24) is 14.9 Å². The molecule has 1 aromatic heterocycles. The van der Waals surface area contributed by atoms with Crippen LogP contribution in [0.5, 0.6) is 0 Å². The van der Waals surface area contributed by atoms with Gasteiger partial charge >= 0.3 is 0 Å². The van der Waals surface area contributed by atoms with E-state index in [4.69, 9.17) is 12.2 Å². The zero-order valence-electron chi connectivity index (χ0n) is 11.3. The second kappa shape index (κ2) is 5.80. The van der Waals surface area contributed by atoms with E-state index in [-0.39, 0.29) is 17.8 Å². The molecule has 1 atom stereocenters. The van der Waals surface area contributed by atoms with Crippen molar-refractivity contribution in [3.63, 3.8) is 0 Å². The van der Waals surface area contributed by atoms with E-state index in [1.165, 1.54) is 6.07 Å². The number of amides is 1. The highest BCUT2D eigenvalue weighted by molar-refractivity contribution is 14.1. The largest absolute Gasteiger partial charge is 0.352 e. The molecule has 108 valence electrons. The number of aromatic amines is 1. The molecule has 1 heterocycles. The molecule has 2 aromatic rings. The van der Waals surface area contributed by atoms with Crippen molar-refractivity contribution in [2.45, 2.75) is 32.9 Å². The predicted molar refractivity (Wildman–Crippen MR) is 87.8 cm³/mol. The number of halogens is 2. The predicted octanol–water partition coefficient (Wildman–Crippen LogP) is 3.53. The maximum atomic E-state index is 13.7. The van der Waals surface area contributed by atoms with Crippen LogP contribution in [0.2, 0.25) is 0 Å². The van der Waals surface area contributed by atoms with E-state index in [0.717, 1.165) is 5.52 Å². The average molecular weight is 407 g/mol. The lowest BCUT2D eigenvalue weighted by atomic mass is 10.2. The Labute approximate surface area is 134 Å². The number of fused-ring (bicyclic) bond motifs is 1. The number of imidazole rings is 1. The first kappa shape index (κ1) is 15.4. The molecule has 0 aliphatic rings. The van der Waals surface area contributed by atoms with Gasteiger partial charge in [-0.2, -0.15) is 0 Å². The Balaban J connectivity index is 2.54. The summed E-state index contributed by atoms with van der Waals surface area (Å²) in [5.41, 5.74) is 1.32. The highest BCUT2D eigenvalue weighted by Crippen LogP contribution is 2.23. The average Bonchev–Trinajstić information content (AvgIpc) is 2.63. The highest BCUT2D eigenvalue weighted by atomic mass is 127. The summed E-state index contributed by atoms with van der Waals surface area (Å²) in [7, 11) is 0. The fraction of sp³-hybridized carbons (Fsp3) is 0.385. The van der Waals surface area contributed by atoms with Crippen LogP contribution in [0.25, 0.3) is 11.0 Å². The summed E-state index contributed by atoms with van der Waals surface area (Å²) in [6.07, 6.45) is 0. The summed E-state index contributed by atoms with van der Waals surface area (Å²) in [5, 5.41) is 2.83. The number of aromatic nitrogens is 2. The van der Waals surface area contributed by atoms with Gasteiger partial charge in [-0.25, -0.2) is 4.39 Å². The van der Waals surface area contributed by atoms with Crippen LogP contribution in [0, 0.1) is 14.2 Å². The SMILES string of the molecule is CC(C)NC(=O)C(C)n1c(=S)[nH]c2cc(I)c(F)cc21. The van der Waals surface area contributed by atoms with E-state index in [9.17, 15) is 9.18 Å². The number of carbonyl (C=O) groups is 1. The van der Waals surface area contributed by atoms with Gasteiger partial charge in [-0.05, 0) is 61.6 Å². The lowest BCUT2D eigenvalue weighted by Crippen LogP contribution is -2.35. The number of benzene rings is 1. The van der Waals surface area contributed by atoms with Gasteiger partial charge in [0.15, 0.2) is 4.77 Å². The number of hydrogen-bond donors (Lipinski definition) is 2. The topological polar surface area (TPSA) is 49.8 Å². The third kappa shape index (κ3) is 2.88. The molecule has 0 aliphatic heterocycles. The number of nitrogens with one attached hydrogen (secondary N) is 2.